The third-order valence-electron chi connectivity index (χ3n) is 2.76. The second-order valence-corrected chi connectivity index (χ2v) is 4.76. The maximum Gasteiger partial charge on any atom is 0.335 e. The molecular formula is C12H15N3O3. The van der Waals surface area contributed by atoms with Crippen LogP contribution in [-0.4, -0.2) is 39.8 Å². The highest BCUT2D eigenvalue weighted by Crippen LogP contribution is 2.22. The molecule has 1 heterocycles. The second-order valence-electron chi connectivity index (χ2n) is 4.76. The van der Waals surface area contributed by atoms with E-state index in [1.807, 2.05) is 13.8 Å². The average molecular weight is 249 g/mol. The van der Waals surface area contributed by atoms with E-state index in [-0.39, 0.29) is 11.1 Å². The van der Waals surface area contributed by atoms with Crippen molar-refractivity contribution in [1.29, 1.82) is 0 Å². The Labute approximate surface area is 104 Å². The molecule has 0 aliphatic carbocycles. The minimum absolute atomic E-state index is 0.222. The summed E-state index contributed by atoms with van der Waals surface area (Å²) in [7, 11) is 1.61. The van der Waals surface area contributed by atoms with Crippen LogP contribution in [0.1, 0.15) is 24.2 Å². The van der Waals surface area contributed by atoms with Gasteiger partial charge < -0.3 is 9.84 Å². The van der Waals surface area contributed by atoms with E-state index in [0.29, 0.717) is 17.6 Å². The number of carboxylic acids is 1. The van der Waals surface area contributed by atoms with Crippen LogP contribution in [0.2, 0.25) is 0 Å². The fourth-order valence-electron chi connectivity index (χ4n) is 1.91. The van der Waals surface area contributed by atoms with Crippen LogP contribution in [0.25, 0.3) is 11.0 Å². The standard InChI is InChI=1S/C12H15N3O3/c1-12(2,7-18-3)15-10-6-8(11(16)17)4-5-9(10)13-14-15/h4-6H,7H2,1-3H3,(H,16,17). The molecule has 0 unspecified atom stereocenters. The molecule has 2 rings (SSSR count). The van der Waals surface area contributed by atoms with Gasteiger partial charge >= 0.3 is 5.97 Å². The summed E-state index contributed by atoms with van der Waals surface area (Å²) in [5.41, 5.74) is 1.20. The van der Waals surface area contributed by atoms with Crippen LogP contribution in [-0.2, 0) is 10.3 Å². The van der Waals surface area contributed by atoms with Gasteiger partial charge in [-0.05, 0) is 32.0 Å². The molecule has 6 nitrogen and oxygen atoms in total. The van der Waals surface area contributed by atoms with Crippen LogP contribution in [0.3, 0.4) is 0 Å². The van der Waals surface area contributed by atoms with E-state index in [1.165, 1.54) is 6.07 Å². The van der Waals surface area contributed by atoms with Gasteiger partial charge in [0.25, 0.3) is 0 Å². The number of methoxy groups -OCH3 is 1. The Hall–Kier alpha value is -1.95. The molecule has 0 fully saturated rings. The molecule has 0 atom stereocenters. The lowest BCUT2D eigenvalue weighted by molar-refractivity contribution is 0.0697. The number of rotatable bonds is 4. The summed E-state index contributed by atoms with van der Waals surface area (Å²) in [6.07, 6.45) is 0. The first-order valence-electron chi connectivity index (χ1n) is 5.54. The number of nitrogens with zero attached hydrogens (tertiary/aromatic N) is 3. The third kappa shape index (κ3) is 2.06. The molecule has 1 N–H and O–H groups in total. The van der Waals surface area contributed by atoms with Crippen molar-refractivity contribution in [2.75, 3.05) is 13.7 Å². The highest BCUT2D eigenvalue weighted by atomic mass is 16.5. The van der Waals surface area contributed by atoms with Crippen LogP contribution in [0, 0.1) is 0 Å². The number of ether oxygens (including phenoxy) is 1. The molecule has 0 radical (unpaired) electrons. The number of hydrogen-bond donors (Lipinski definition) is 1. The van der Waals surface area contributed by atoms with Gasteiger partial charge in [-0.3, -0.25) is 0 Å². The van der Waals surface area contributed by atoms with Gasteiger partial charge in [0.2, 0.25) is 0 Å². The van der Waals surface area contributed by atoms with Crippen molar-refractivity contribution in [3.8, 4) is 0 Å². The monoisotopic (exact) mass is 249 g/mol. The molecule has 2 aromatic rings. The summed E-state index contributed by atoms with van der Waals surface area (Å²) in [6.45, 7) is 4.37. The number of benzene rings is 1. The fraction of sp³-hybridized carbons (Fsp3) is 0.417. The predicted octanol–water partition coefficient (Wildman–Crippen LogP) is 1.51. The van der Waals surface area contributed by atoms with Gasteiger partial charge in [0, 0.05) is 7.11 Å². The third-order valence-corrected chi connectivity index (χ3v) is 2.76. The molecule has 6 heteroatoms. The topological polar surface area (TPSA) is 77.2 Å². The Morgan fingerprint density at radius 1 is 1.50 bits per heavy atom. The Kier molecular flexibility index (Phi) is 3.04. The number of carboxylic acid groups (broad SMARTS) is 1. The van der Waals surface area contributed by atoms with Crippen LogP contribution in [0.4, 0.5) is 0 Å². The van der Waals surface area contributed by atoms with Crippen molar-refractivity contribution in [1.82, 2.24) is 15.0 Å². The second kappa shape index (κ2) is 4.38. The zero-order valence-corrected chi connectivity index (χ0v) is 10.5. The summed E-state index contributed by atoms with van der Waals surface area (Å²) in [5, 5.41) is 17.1. The van der Waals surface area contributed by atoms with Gasteiger partial charge in [0.15, 0.2) is 0 Å². The highest BCUT2D eigenvalue weighted by molar-refractivity contribution is 5.92. The minimum atomic E-state index is -0.964. The zero-order chi connectivity index (χ0) is 13.3. The van der Waals surface area contributed by atoms with Crippen LogP contribution < -0.4 is 0 Å². The van der Waals surface area contributed by atoms with Crippen molar-refractivity contribution in [3.05, 3.63) is 23.8 Å². The quantitative estimate of drug-likeness (QED) is 0.888. The van der Waals surface area contributed by atoms with E-state index < -0.39 is 5.97 Å². The summed E-state index contributed by atoms with van der Waals surface area (Å²) >= 11 is 0. The number of aromatic carboxylic acids is 1. The SMILES string of the molecule is COCC(C)(C)n1nnc2ccc(C(=O)O)cc21. The summed E-state index contributed by atoms with van der Waals surface area (Å²) in [6, 6.07) is 4.76. The van der Waals surface area contributed by atoms with E-state index in [4.69, 9.17) is 9.84 Å². The minimum Gasteiger partial charge on any atom is -0.478 e. The van der Waals surface area contributed by atoms with Crippen molar-refractivity contribution in [2.24, 2.45) is 0 Å². The van der Waals surface area contributed by atoms with Crippen molar-refractivity contribution >= 4 is 17.0 Å². The molecule has 1 aromatic carbocycles. The lowest BCUT2D eigenvalue weighted by atomic mass is 10.1. The zero-order valence-electron chi connectivity index (χ0n) is 10.5. The number of carbonyl (C=O) groups is 1. The van der Waals surface area contributed by atoms with Gasteiger partial charge in [-0.15, -0.1) is 5.10 Å². The van der Waals surface area contributed by atoms with E-state index in [2.05, 4.69) is 10.3 Å². The summed E-state index contributed by atoms with van der Waals surface area (Å²) < 4.78 is 6.84. The van der Waals surface area contributed by atoms with Gasteiger partial charge in [0.05, 0.1) is 23.2 Å². The van der Waals surface area contributed by atoms with E-state index in [9.17, 15) is 4.79 Å². The molecule has 0 saturated carbocycles. The molecule has 0 aliphatic heterocycles. The summed E-state index contributed by atoms with van der Waals surface area (Å²) in [4.78, 5) is 11.0. The van der Waals surface area contributed by atoms with E-state index in [0.717, 1.165) is 0 Å². The van der Waals surface area contributed by atoms with Crippen LogP contribution >= 0.6 is 0 Å². The molecule has 96 valence electrons. The Balaban J connectivity index is 2.58. The molecule has 1 aromatic heterocycles. The van der Waals surface area contributed by atoms with Crippen LogP contribution in [0.5, 0.6) is 0 Å². The van der Waals surface area contributed by atoms with E-state index in [1.54, 1.807) is 23.9 Å². The molecule has 0 aliphatic rings. The largest absolute Gasteiger partial charge is 0.478 e. The fourth-order valence-corrected chi connectivity index (χ4v) is 1.91. The Morgan fingerprint density at radius 2 is 2.22 bits per heavy atom. The van der Waals surface area contributed by atoms with E-state index >= 15 is 0 Å². The van der Waals surface area contributed by atoms with Crippen molar-refractivity contribution in [2.45, 2.75) is 19.4 Å². The predicted molar refractivity (Wildman–Crippen MR) is 65.7 cm³/mol. The molecule has 0 amide bonds. The molecule has 0 bridgehead atoms. The average Bonchev–Trinajstić information content (AvgIpc) is 2.71. The maximum atomic E-state index is 11.0. The van der Waals surface area contributed by atoms with Gasteiger partial charge in [-0.2, -0.15) is 0 Å². The lowest BCUT2D eigenvalue weighted by Gasteiger charge is -2.24. The normalized spacial score (nSPS) is 11.9. The van der Waals surface area contributed by atoms with Crippen molar-refractivity contribution < 1.29 is 14.6 Å². The van der Waals surface area contributed by atoms with Crippen LogP contribution in [0.15, 0.2) is 18.2 Å². The molecule has 0 saturated heterocycles. The lowest BCUT2D eigenvalue weighted by Crippen LogP contribution is -2.32. The molecule has 18 heavy (non-hydrogen) atoms. The smallest absolute Gasteiger partial charge is 0.335 e. The van der Waals surface area contributed by atoms with Crippen molar-refractivity contribution in [3.63, 3.8) is 0 Å². The highest BCUT2D eigenvalue weighted by Gasteiger charge is 2.24. The first-order chi connectivity index (χ1) is 8.45. The molecular weight excluding hydrogens is 234 g/mol. The van der Waals surface area contributed by atoms with Gasteiger partial charge in [0.1, 0.15) is 5.52 Å². The number of aromatic nitrogens is 3. The van der Waals surface area contributed by atoms with Gasteiger partial charge in [-0.25, -0.2) is 9.48 Å². The van der Waals surface area contributed by atoms with Gasteiger partial charge in [-0.1, -0.05) is 5.21 Å². The first-order valence-corrected chi connectivity index (χ1v) is 5.54. The Bertz CT molecular complexity index is 589. The summed E-state index contributed by atoms with van der Waals surface area (Å²) in [5.74, 6) is -0.964. The molecule has 0 spiro atoms. The number of hydrogen-bond acceptors (Lipinski definition) is 4. The Morgan fingerprint density at radius 3 is 2.83 bits per heavy atom. The number of fused-ring (bicyclic) bond motifs is 1. The first kappa shape index (κ1) is 12.5. The maximum absolute atomic E-state index is 11.0.